The second-order valence-corrected chi connectivity index (χ2v) is 6.94. The highest BCUT2D eigenvalue weighted by Gasteiger charge is 2.33. The number of benzene rings is 1. The van der Waals surface area contributed by atoms with E-state index in [1.165, 1.54) is 0 Å². The number of hydrogen-bond acceptors (Lipinski definition) is 3. The van der Waals surface area contributed by atoms with Crippen molar-refractivity contribution in [3.8, 4) is 5.75 Å². The number of halogens is 1. The average Bonchev–Trinajstić information content (AvgIpc) is 2.56. The van der Waals surface area contributed by atoms with Crippen LogP contribution in [0.4, 0.5) is 0 Å². The normalized spacial score (nSPS) is 17.6. The van der Waals surface area contributed by atoms with Crippen molar-refractivity contribution in [3.05, 3.63) is 40.1 Å². The first-order valence-corrected chi connectivity index (χ1v) is 9.41. The average molecular weight is 381 g/mol. The van der Waals surface area contributed by atoms with E-state index in [9.17, 15) is 4.79 Å². The van der Waals surface area contributed by atoms with Crippen molar-refractivity contribution in [3.63, 3.8) is 0 Å². The minimum Gasteiger partial charge on any atom is -0.493 e. The lowest BCUT2D eigenvalue weighted by atomic mass is 9.92. The van der Waals surface area contributed by atoms with Crippen LogP contribution in [-0.2, 0) is 4.79 Å². The van der Waals surface area contributed by atoms with Crippen molar-refractivity contribution in [1.29, 1.82) is 0 Å². The van der Waals surface area contributed by atoms with Gasteiger partial charge in [-0.2, -0.15) is 0 Å². The van der Waals surface area contributed by atoms with Crippen LogP contribution in [0.15, 0.2) is 29.5 Å². The maximum Gasteiger partial charge on any atom is 0.173 e. The second kappa shape index (κ2) is 8.68. The molecule has 25 heavy (non-hydrogen) atoms. The fourth-order valence-corrected chi connectivity index (χ4v) is 3.58. The summed E-state index contributed by atoms with van der Waals surface area (Å²) < 4.78 is 5.88. The van der Waals surface area contributed by atoms with Gasteiger partial charge in [-0.05, 0) is 57.1 Å². The first kappa shape index (κ1) is 19.7. The maximum atomic E-state index is 12.4. The Morgan fingerprint density at radius 1 is 1.36 bits per heavy atom. The third-order valence-electron chi connectivity index (χ3n) is 4.17. The minimum atomic E-state index is -0.358. The molecule has 6 heteroatoms. The van der Waals surface area contributed by atoms with Gasteiger partial charge in [-0.25, -0.2) is 0 Å². The van der Waals surface area contributed by atoms with Crippen LogP contribution in [0.2, 0.25) is 5.02 Å². The Labute approximate surface area is 160 Å². The number of Topliss-reactive ketones (excluding diaryl/α,β-unsaturated/α-hetero) is 1. The highest BCUT2D eigenvalue weighted by molar-refractivity contribution is 7.80. The summed E-state index contributed by atoms with van der Waals surface area (Å²) in [6.07, 6.45) is 1.84. The van der Waals surface area contributed by atoms with Crippen LogP contribution in [0.1, 0.15) is 52.1 Å². The second-order valence-electron chi connectivity index (χ2n) is 6.12. The Balaban J connectivity index is 2.55. The van der Waals surface area contributed by atoms with Crippen LogP contribution >= 0.6 is 23.8 Å². The van der Waals surface area contributed by atoms with E-state index >= 15 is 0 Å². The van der Waals surface area contributed by atoms with Crippen molar-refractivity contribution >= 4 is 34.7 Å². The molecule has 1 unspecified atom stereocenters. The summed E-state index contributed by atoms with van der Waals surface area (Å²) >= 11 is 11.8. The Bertz CT molecular complexity index is 703. The molecule has 2 rings (SSSR count). The lowest BCUT2D eigenvalue weighted by Crippen LogP contribution is -2.47. The van der Waals surface area contributed by atoms with Gasteiger partial charge in [0.2, 0.25) is 0 Å². The lowest BCUT2D eigenvalue weighted by molar-refractivity contribution is -0.114. The van der Waals surface area contributed by atoms with Gasteiger partial charge in [0.1, 0.15) is 5.75 Å². The fourth-order valence-electron chi connectivity index (χ4n) is 3.05. The maximum absolute atomic E-state index is 12.4. The monoisotopic (exact) mass is 380 g/mol. The molecule has 0 spiro atoms. The molecule has 0 aromatic heterocycles. The Hall–Kier alpha value is -1.59. The van der Waals surface area contributed by atoms with E-state index < -0.39 is 0 Å². The molecule has 1 heterocycles. The molecule has 0 saturated carbocycles. The third-order valence-corrected chi connectivity index (χ3v) is 4.74. The van der Waals surface area contributed by atoms with Crippen LogP contribution in [0.3, 0.4) is 0 Å². The molecule has 0 fully saturated rings. The van der Waals surface area contributed by atoms with Crippen molar-refractivity contribution in [2.45, 2.75) is 46.6 Å². The first-order valence-electron chi connectivity index (χ1n) is 8.62. The summed E-state index contributed by atoms with van der Waals surface area (Å²) in [5.74, 6) is 0.738. The van der Waals surface area contributed by atoms with Crippen LogP contribution < -0.4 is 10.1 Å². The zero-order chi connectivity index (χ0) is 18.6. The summed E-state index contributed by atoms with van der Waals surface area (Å²) in [5.41, 5.74) is 2.43. The van der Waals surface area contributed by atoms with Gasteiger partial charge in [0.05, 0.1) is 12.6 Å². The number of carbonyl (C=O) groups is 1. The topological polar surface area (TPSA) is 41.6 Å². The van der Waals surface area contributed by atoms with E-state index in [-0.39, 0.29) is 11.8 Å². The zero-order valence-electron chi connectivity index (χ0n) is 15.2. The van der Waals surface area contributed by atoms with Crippen molar-refractivity contribution in [1.82, 2.24) is 10.2 Å². The summed E-state index contributed by atoms with van der Waals surface area (Å²) in [7, 11) is 0. The van der Waals surface area contributed by atoms with E-state index in [1.807, 2.05) is 24.0 Å². The highest BCUT2D eigenvalue weighted by Crippen LogP contribution is 2.37. The Morgan fingerprint density at radius 3 is 2.68 bits per heavy atom. The molecule has 0 saturated heterocycles. The van der Waals surface area contributed by atoms with Crippen LogP contribution in [-0.4, -0.2) is 28.9 Å². The molecule has 1 N–H and O–H groups in total. The molecular weight excluding hydrogens is 356 g/mol. The summed E-state index contributed by atoms with van der Waals surface area (Å²) in [4.78, 5) is 14.4. The molecule has 0 radical (unpaired) electrons. The Morgan fingerprint density at radius 2 is 2.08 bits per heavy atom. The van der Waals surface area contributed by atoms with Gasteiger partial charge in [0, 0.05) is 28.4 Å². The van der Waals surface area contributed by atoms with Gasteiger partial charge in [0.25, 0.3) is 0 Å². The van der Waals surface area contributed by atoms with Crippen LogP contribution in [0.25, 0.3) is 0 Å². The van der Waals surface area contributed by atoms with E-state index in [0.717, 1.165) is 36.4 Å². The van der Waals surface area contributed by atoms with Gasteiger partial charge in [-0.15, -0.1) is 0 Å². The van der Waals surface area contributed by atoms with Gasteiger partial charge in [-0.1, -0.05) is 25.4 Å². The van der Waals surface area contributed by atoms with Gasteiger partial charge < -0.3 is 15.0 Å². The number of nitrogens with one attached hydrogen (secondary N) is 1. The van der Waals surface area contributed by atoms with Crippen molar-refractivity contribution in [2.24, 2.45) is 0 Å². The van der Waals surface area contributed by atoms with Gasteiger partial charge in [-0.3, -0.25) is 4.79 Å². The van der Waals surface area contributed by atoms with Crippen LogP contribution in [0, 0.1) is 0 Å². The molecule has 4 nitrogen and oxygen atoms in total. The van der Waals surface area contributed by atoms with Crippen molar-refractivity contribution in [2.75, 3.05) is 13.2 Å². The molecular formula is C19H25ClN2O2S. The Kier molecular flexibility index (Phi) is 6.85. The summed E-state index contributed by atoms with van der Waals surface area (Å²) in [6.45, 7) is 9.05. The molecule has 136 valence electrons. The third kappa shape index (κ3) is 4.33. The number of thiocarbonyl (C=S) groups is 1. The standard InChI is InChI=1S/C19H25ClN2O2S/c1-5-9-22-12(3)17(13(4)23)18(21-19(22)25)15-11-14(20)7-8-16(15)24-10-6-2/h7-8,11,18H,5-6,9-10H2,1-4H3,(H,21,25). The molecule has 1 atom stereocenters. The van der Waals surface area contributed by atoms with Gasteiger partial charge in [0.15, 0.2) is 10.9 Å². The lowest BCUT2D eigenvalue weighted by Gasteiger charge is -2.38. The predicted octanol–water partition coefficient (Wildman–Crippen LogP) is 4.63. The molecule has 1 aromatic rings. The predicted molar refractivity (Wildman–Crippen MR) is 106 cm³/mol. The van der Waals surface area contributed by atoms with E-state index in [0.29, 0.717) is 22.3 Å². The number of rotatable bonds is 7. The number of nitrogens with zero attached hydrogens (tertiary/aromatic N) is 1. The minimum absolute atomic E-state index is 0.0139. The largest absolute Gasteiger partial charge is 0.493 e. The molecule has 1 aliphatic rings. The molecule has 1 aliphatic heterocycles. The summed E-state index contributed by atoms with van der Waals surface area (Å²) in [6, 6.07) is 5.14. The van der Waals surface area contributed by atoms with Crippen molar-refractivity contribution < 1.29 is 9.53 Å². The summed E-state index contributed by atoms with van der Waals surface area (Å²) in [5, 5.41) is 4.53. The molecule has 0 amide bonds. The number of allylic oxidation sites excluding steroid dienone is 1. The molecule has 0 aliphatic carbocycles. The number of carbonyl (C=O) groups excluding carboxylic acids is 1. The van der Waals surface area contributed by atoms with E-state index in [2.05, 4.69) is 19.2 Å². The number of ketones is 1. The quantitative estimate of drug-likeness (QED) is 0.698. The van der Waals surface area contributed by atoms with E-state index in [4.69, 9.17) is 28.6 Å². The smallest absolute Gasteiger partial charge is 0.173 e. The first-order chi connectivity index (χ1) is 11.9. The number of hydrogen-bond donors (Lipinski definition) is 1. The SMILES string of the molecule is CCCOc1ccc(Cl)cc1C1NC(=S)N(CCC)C(C)=C1C(C)=O. The fraction of sp³-hybridized carbons (Fsp3) is 0.474. The number of ether oxygens (including phenoxy) is 1. The highest BCUT2D eigenvalue weighted by atomic mass is 35.5. The zero-order valence-corrected chi connectivity index (χ0v) is 16.8. The molecule has 1 aromatic carbocycles. The van der Waals surface area contributed by atoms with Gasteiger partial charge >= 0.3 is 0 Å². The van der Waals surface area contributed by atoms with Crippen LogP contribution in [0.5, 0.6) is 5.75 Å². The molecule has 0 bridgehead atoms. The van der Waals surface area contributed by atoms with E-state index in [1.54, 1.807) is 13.0 Å².